The van der Waals surface area contributed by atoms with Crippen molar-refractivity contribution in [1.82, 2.24) is 9.78 Å². The lowest BCUT2D eigenvalue weighted by molar-refractivity contribution is -0.387. The van der Waals surface area contributed by atoms with Crippen LogP contribution in [-0.4, -0.2) is 27.2 Å². The number of rotatable bonds is 7. The molecule has 0 unspecified atom stereocenters. The largest absolute Gasteiger partial charge is 0.484 e. The van der Waals surface area contributed by atoms with E-state index in [0.29, 0.717) is 12.4 Å². The van der Waals surface area contributed by atoms with E-state index < -0.39 is 22.3 Å². The van der Waals surface area contributed by atoms with Crippen LogP contribution in [0.2, 0.25) is 0 Å². The van der Waals surface area contributed by atoms with Crippen LogP contribution in [0, 0.1) is 15.9 Å². The first-order valence-corrected chi connectivity index (χ1v) is 9.61. The highest BCUT2D eigenvalue weighted by Crippen LogP contribution is 2.23. The number of hydrogen-bond donors (Lipinski definition) is 1. The molecule has 8 nitrogen and oxygen atoms in total. The average Bonchev–Trinajstić information content (AvgIpc) is 3.12. The summed E-state index contributed by atoms with van der Waals surface area (Å²) in [5, 5.41) is 17.6. The second kappa shape index (κ2) is 8.95. The van der Waals surface area contributed by atoms with Gasteiger partial charge in [0, 0.05) is 18.2 Å². The third-order valence-corrected chi connectivity index (χ3v) is 4.62. The van der Waals surface area contributed by atoms with Gasteiger partial charge in [-0.2, -0.15) is 9.49 Å². The molecule has 3 aromatic rings. The van der Waals surface area contributed by atoms with Gasteiger partial charge in [0.25, 0.3) is 5.91 Å². The summed E-state index contributed by atoms with van der Waals surface area (Å²) in [6, 6.07) is 13.0. The highest BCUT2D eigenvalue weighted by atomic mass is 19.1. The molecule has 1 amide bonds. The van der Waals surface area contributed by atoms with E-state index in [2.05, 4.69) is 43.3 Å². The molecule has 3 rings (SSSR count). The second-order valence-electron chi connectivity index (χ2n) is 8.03. The molecule has 0 aliphatic heterocycles. The van der Waals surface area contributed by atoms with Crippen molar-refractivity contribution in [3.8, 4) is 5.75 Å². The first-order valence-electron chi connectivity index (χ1n) is 9.61. The van der Waals surface area contributed by atoms with Crippen LogP contribution in [0.5, 0.6) is 5.75 Å². The van der Waals surface area contributed by atoms with Crippen LogP contribution in [0.4, 0.5) is 15.9 Å². The van der Waals surface area contributed by atoms with Crippen molar-refractivity contribution in [3.63, 3.8) is 0 Å². The number of nitro groups is 1. The fourth-order valence-corrected chi connectivity index (χ4v) is 2.90. The number of nitrogens with zero attached hydrogens (tertiary/aromatic N) is 3. The Bertz CT molecular complexity index is 1090. The zero-order valence-electron chi connectivity index (χ0n) is 17.5. The number of nitrogens with one attached hydrogen (secondary N) is 1. The Labute approximate surface area is 178 Å². The van der Waals surface area contributed by atoms with Gasteiger partial charge in [0.1, 0.15) is 11.6 Å². The molecule has 0 saturated carbocycles. The number of carbonyl (C=O) groups is 1. The molecule has 1 heterocycles. The predicted molar refractivity (Wildman–Crippen MR) is 114 cm³/mol. The molecule has 0 aliphatic rings. The average molecular weight is 426 g/mol. The van der Waals surface area contributed by atoms with Crippen molar-refractivity contribution in [2.45, 2.75) is 32.7 Å². The third-order valence-electron chi connectivity index (χ3n) is 4.62. The molecule has 0 spiro atoms. The summed E-state index contributed by atoms with van der Waals surface area (Å²) in [7, 11) is 0. The van der Waals surface area contributed by atoms with Crippen molar-refractivity contribution < 1.29 is 18.8 Å². The lowest BCUT2D eigenvalue weighted by Crippen LogP contribution is -2.22. The smallest absolute Gasteiger partial charge is 0.305 e. The van der Waals surface area contributed by atoms with Gasteiger partial charge in [0.2, 0.25) is 5.82 Å². The fourth-order valence-electron chi connectivity index (χ4n) is 2.90. The van der Waals surface area contributed by atoms with Crippen molar-refractivity contribution in [3.05, 3.63) is 81.8 Å². The normalized spacial score (nSPS) is 11.2. The van der Waals surface area contributed by atoms with Gasteiger partial charge in [-0.15, -0.1) is 0 Å². The van der Waals surface area contributed by atoms with Gasteiger partial charge in [0.05, 0.1) is 17.7 Å². The van der Waals surface area contributed by atoms with Gasteiger partial charge < -0.3 is 10.1 Å². The molecule has 0 fully saturated rings. The van der Waals surface area contributed by atoms with E-state index in [9.17, 15) is 19.3 Å². The fraction of sp³-hybridized carbons (Fsp3) is 0.273. The van der Waals surface area contributed by atoms with E-state index in [-0.39, 0.29) is 17.8 Å². The molecule has 31 heavy (non-hydrogen) atoms. The van der Waals surface area contributed by atoms with Gasteiger partial charge in [-0.05, 0) is 22.6 Å². The van der Waals surface area contributed by atoms with E-state index >= 15 is 0 Å². The Morgan fingerprint density at radius 3 is 2.52 bits per heavy atom. The number of amides is 1. The van der Waals surface area contributed by atoms with E-state index in [4.69, 9.17) is 4.74 Å². The van der Waals surface area contributed by atoms with Crippen LogP contribution >= 0.6 is 0 Å². The summed E-state index contributed by atoms with van der Waals surface area (Å²) in [6.07, 6.45) is 1.58. The number of aromatic nitrogens is 2. The van der Waals surface area contributed by atoms with Crippen LogP contribution in [-0.2, 0) is 16.8 Å². The van der Waals surface area contributed by atoms with E-state index in [1.54, 1.807) is 16.9 Å². The number of benzene rings is 2. The number of hydrogen-bond acceptors (Lipinski definition) is 5. The van der Waals surface area contributed by atoms with Crippen LogP contribution in [0.1, 0.15) is 31.9 Å². The van der Waals surface area contributed by atoms with E-state index in [1.165, 1.54) is 11.6 Å². The van der Waals surface area contributed by atoms with Crippen LogP contribution in [0.25, 0.3) is 0 Å². The highest BCUT2D eigenvalue weighted by molar-refractivity contribution is 5.91. The minimum Gasteiger partial charge on any atom is -0.484 e. The molecular weight excluding hydrogens is 403 g/mol. The van der Waals surface area contributed by atoms with Gasteiger partial charge in [-0.1, -0.05) is 45.0 Å². The molecule has 2 aromatic carbocycles. The maximum Gasteiger partial charge on any atom is 0.305 e. The van der Waals surface area contributed by atoms with Gasteiger partial charge in [0.15, 0.2) is 6.61 Å². The zero-order valence-corrected chi connectivity index (χ0v) is 17.5. The van der Waals surface area contributed by atoms with Crippen LogP contribution in [0.3, 0.4) is 0 Å². The maximum absolute atomic E-state index is 13.6. The first-order chi connectivity index (χ1) is 14.6. The van der Waals surface area contributed by atoms with Gasteiger partial charge >= 0.3 is 5.69 Å². The maximum atomic E-state index is 13.6. The van der Waals surface area contributed by atoms with Crippen molar-refractivity contribution in [2.75, 3.05) is 11.9 Å². The summed E-state index contributed by atoms with van der Waals surface area (Å²) >= 11 is 0. The standard InChI is InChI=1S/C22H23FN4O4/c1-22(2,3)16-6-4-15(5-7-16)13-26-20(10-11-24-26)25-21(28)14-31-17-8-9-19(27(29)30)18(23)12-17/h4-12H,13-14H2,1-3H3,(H,25,28). The monoisotopic (exact) mass is 426 g/mol. The summed E-state index contributed by atoms with van der Waals surface area (Å²) < 4.78 is 20.5. The summed E-state index contributed by atoms with van der Waals surface area (Å²) in [5.41, 5.74) is 1.67. The number of carbonyl (C=O) groups excluding carboxylic acids is 1. The van der Waals surface area contributed by atoms with Gasteiger partial charge in [-0.3, -0.25) is 14.9 Å². The first kappa shape index (κ1) is 21.9. The van der Waals surface area contributed by atoms with Crippen molar-refractivity contribution in [1.29, 1.82) is 0 Å². The number of anilines is 1. The topological polar surface area (TPSA) is 99.3 Å². The Hall–Kier alpha value is -3.75. The second-order valence-corrected chi connectivity index (χ2v) is 8.03. The molecule has 1 N–H and O–H groups in total. The molecule has 162 valence electrons. The Kier molecular flexibility index (Phi) is 6.33. The van der Waals surface area contributed by atoms with Gasteiger partial charge in [-0.25, -0.2) is 4.68 Å². The van der Waals surface area contributed by atoms with Crippen molar-refractivity contribution in [2.24, 2.45) is 0 Å². The number of ether oxygens (including phenoxy) is 1. The lowest BCUT2D eigenvalue weighted by atomic mass is 9.87. The summed E-state index contributed by atoms with van der Waals surface area (Å²) in [6.45, 7) is 6.53. The molecule has 0 atom stereocenters. The Balaban J connectivity index is 1.59. The SMILES string of the molecule is CC(C)(C)c1ccc(Cn2nccc2NC(=O)COc2ccc([N+](=O)[O-])c(F)c2)cc1. The zero-order chi connectivity index (χ0) is 22.6. The van der Waals surface area contributed by atoms with E-state index in [0.717, 1.165) is 17.7 Å². The van der Waals surface area contributed by atoms with Crippen LogP contribution < -0.4 is 10.1 Å². The molecule has 0 aliphatic carbocycles. The summed E-state index contributed by atoms with van der Waals surface area (Å²) in [4.78, 5) is 22.0. The lowest BCUT2D eigenvalue weighted by Gasteiger charge is -2.19. The molecule has 0 bridgehead atoms. The van der Waals surface area contributed by atoms with E-state index in [1.807, 2.05) is 12.1 Å². The minimum absolute atomic E-state index is 0.0192. The highest BCUT2D eigenvalue weighted by Gasteiger charge is 2.16. The predicted octanol–water partition coefficient (Wildman–Crippen LogP) is 4.29. The minimum atomic E-state index is -1.03. The third kappa shape index (κ3) is 5.65. The van der Waals surface area contributed by atoms with Crippen molar-refractivity contribution >= 4 is 17.4 Å². The Morgan fingerprint density at radius 1 is 1.19 bits per heavy atom. The summed E-state index contributed by atoms with van der Waals surface area (Å²) in [5.74, 6) is -0.990. The molecule has 1 aromatic heterocycles. The number of nitro benzene ring substituents is 1. The Morgan fingerprint density at radius 2 is 1.90 bits per heavy atom. The molecule has 0 saturated heterocycles. The molecule has 0 radical (unpaired) electrons. The number of halogens is 1. The molecular formula is C22H23FN4O4. The van der Waals surface area contributed by atoms with Crippen LogP contribution in [0.15, 0.2) is 54.7 Å². The quantitative estimate of drug-likeness (QED) is 0.449. The molecule has 9 heteroatoms.